The minimum Gasteiger partial charge on any atom is -0.479 e. The Labute approximate surface area is 169 Å². The summed E-state index contributed by atoms with van der Waals surface area (Å²) < 4.78 is 20.1. The number of halogens is 2. The van der Waals surface area contributed by atoms with Gasteiger partial charge in [-0.05, 0) is 73.8 Å². The zero-order chi connectivity index (χ0) is 19.2. The van der Waals surface area contributed by atoms with E-state index >= 15 is 0 Å². The van der Waals surface area contributed by atoms with Gasteiger partial charge in [-0.2, -0.15) is 0 Å². The van der Waals surface area contributed by atoms with E-state index in [-0.39, 0.29) is 23.4 Å². The first-order chi connectivity index (χ1) is 13.1. The van der Waals surface area contributed by atoms with Gasteiger partial charge in [0.05, 0.1) is 0 Å². The summed E-state index contributed by atoms with van der Waals surface area (Å²) in [5.41, 5.74) is 0.748. The third-order valence-electron chi connectivity index (χ3n) is 6.85. The third-order valence-corrected chi connectivity index (χ3v) is 7.21. The highest BCUT2D eigenvalue weighted by molar-refractivity contribution is 6.32. The van der Waals surface area contributed by atoms with Crippen LogP contribution in [0.1, 0.15) is 82.6 Å². The zero-order valence-corrected chi connectivity index (χ0v) is 17.2. The molecule has 2 aliphatic rings. The first-order valence-electron chi connectivity index (χ1n) is 10.7. The van der Waals surface area contributed by atoms with Crippen LogP contribution in [0.15, 0.2) is 12.1 Å². The van der Waals surface area contributed by atoms with Gasteiger partial charge in [-0.1, -0.05) is 56.2 Å². The molecule has 1 aromatic rings. The SMILES string of the molecule is C#CCOc1ccc(C2CCC(C3CCC(CCC)CC3)CC2)c(F)c1Cl. The molecule has 2 aliphatic carbocycles. The summed E-state index contributed by atoms with van der Waals surface area (Å²) in [4.78, 5) is 0. The molecular formula is C24H32ClFO. The van der Waals surface area contributed by atoms with Gasteiger partial charge in [0.15, 0.2) is 0 Å². The van der Waals surface area contributed by atoms with E-state index in [9.17, 15) is 4.39 Å². The number of rotatable bonds is 6. The summed E-state index contributed by atoms with van der Waals surface area (Å²) >= 11 is 6.17. The molecule has 3 rings (SSSR count). The van der Waals surface area contributed by atoms with Crippen LogP contribution in [0, 0.1) is 35.9 Å². The molecule has 2 saturated carbocycles. The fourth-order valence-electron chi connectivity index (χ4n) is 5.35. The van der Waals surface area contributed by atoms with Crippen LogP contribution in [0.5, 0.6) is 5.75 Å². The van der Waals surface area contributed by atoms with Crippen molar-refractivity contribution in [1.82, 2.24) is 0 Å². The summed E-state index contributed by atoms with van der Waals surface area (Å²) in [5.74, 6) is 5.37. The molecule has 0 amide bonds. The molecule has 0 saturated heterocycles. The smallest absolute Gasteiger partial charge is 0.149 e. The van der Waals surface area contributed by atoms with Crippen LogP contribution in [0.25, 0.3) is 0 Å². The number of hydrogen-bond acceptors (Lipinski definition) is 1. The van der Waals surface area contributed by atoms with Crippen molar-refractivity contribution in [3.05, 3.63) is 28.5 Å². The maximum atomic E-state index is 14.8. The molecule has 2 fully saturated rings. The topological polar surface area (TPSA) is 9.23 Å². The van der Waals surface area contributed by atoms with Crippen molar-refractivity contribution in [3.63, 3.8) is 0 Å². The van der Waals surface area contributed by atoms with Crippen LogP contribution in [0.4, 0.5) is 4.39 Å². The van der Waals surface area contributed by atoms with Crippen molar-refractivity contribution >= 4 is 11.6 Å². The summed E-state index contributed by atoms with van der Waals surface area (Å²) in [5, 5.41) is 0.0686. The molecule has 0 heterocycles. The van der Waals surface area contributed by atoms with Gasteiger partial charge in [-0.15, -0.1) is 6.42 Å². The summed E-state index contributed by atoms with van der Waals surface area (Å²) in [6, 6.07) is 3.60. The second kappa shape index (κ2) is 9.83. The molecule has 1 aromatic carbocycles. The Morgan fingerprint density at radius 2 is 1.70 bits per heavy atom. The van der Waals surface area contributed by atoms with Gasteiger partial charge in [0.2, 0.25) is 0 Å². The minimum atomic E-state index is -0.324. The Balaban J connectivity index is 1.55. The minimum absolute atomic E-state index is 0.0686. The Bertz CT molecular complexity index is 649. The molecule has 3 heteroatoms. The van der Waals surface area contributed by atoms with Crippen LogP contribution < -0.4 is 4.74 Å². The van der Waals surface area contributed by atoms with E-state index in [1.807, 2.05) is 6.07 Å². The first-order valence-corrected chi connectivity index (χ1v) is 11.1. The van der Waals surface area contributed by atoms with Crippen molar-refractivity contribution in [2.75, 3.05) is 6.61 Å². The van der Waals surface area contributed by atoms with E-state index in [4.69, 9.17) is 22.8 Å². The van der Waals surface area contributed by atoms with Gasteiger partial charge in [0.1, 0.15) is 23.2 Å². The average molecular weight is 391 g/mol. The quantitative estimate of drug-likeness (QED) is 0.460. The van der Waals surface area contributed by atoms with Crippen molar-refractivity contribution < 1.29 is 9.13 Å². The highest BCUT2D eigenvalue weighted by Crippen LogP contribution is 2.45. The highest BCUT2D eigenvalue weighted by Gasteiger charge is 2.32. The maximum absolute atomic E-state index is 14.8. The molecule has 0 atom stereocenters. The predicted octanol–water partition coefficient (Wildman–Crippen LogP) is 7.37. The van der Waals surface area contributed by atoms with E-state index in [1.54, 1.807) is 6.07 Å². The van der Waals surface area contributed by atoms with Gasteiger partial charge in [0, 0.05) is 0 Å². The van der Waals surface area contributed by atoms with E-state index in [2.05, 4.69) is 12.8 Å². The lowest BCUT2D eigenvalue weighted by Crippen LogP contribution is -2.25. The summed E-state index contributed by atoms with van der Waals surface area (Å²) in [6.45, 7) is 2.40. The Hall–Kier alpha value is -1.20. The first kappa shape index (κ1) is 20.5. The highest BCUT2D eigenvalue weighted by atomic mass is 35.5. The molecule has 0 bridgehead atoms. The normalized spacial score (nSPS) is 28.5. The van der Waals surface area contributed by atoms with Crippen LogP contribution >= 0.6 is 11.6 Å². The average Bonchev–Trinajstić information content (AvgIpc) is 2.70. The van der Waals surface area contributed by atoms with Crippen molar-refractivity contribution in [2.45, 2.75) is 77.0 Å². The number of terminal acetylenes is 1. The molecule has 0 aliphatic heterocycles. The lowest BCUT2D eigenvalue weighted by molar-refractivity contribution is 0.156. The Morgan fingerprint density at radius 1 is 1.07 bits per heavy atom. The zero-order valence-electron chi connectivity index (χ0n) is 16.5. The summed E-state index contributed by atoms with van der Waals surface area (Å²) in [6.07, 6.45) is 18.1. The molecule has 0 radical (unpaired) electrons. The number of benzene rings is 1. The monoisotopic (exact) mass is 390 g/mol. The van der Waals surface area contributed by atoms with Gasteiger partial charge >= 0.3 is 0 Å². The standard InChI is InChI=1S/C24H32ClFO/c1-3-5-17-6-8-18(9-7-17)19-10-12-20(13-11-19)21-14-15-22(27-16-4-2)23(25)24(21)26/h2,14-15,17-20H,3,5-13,16H2,1H3. The number of ether oxygens (including phenoxy) is 1. The van der Waals surface area contributed by atoms with E-state index < -0.39 is 0 Å². The summed E-state index contributed by atoms with van der Waals surface area (Å²) in [7, 11) is 0. The second-order valence-electron chi connectivity index (χ2n) is 8.45. The second-order valence-corrected chi connectivity index (χ2v) is 8.83. The molecule has 0 spiro atoms. The molecule has 148 valence electrons. The molecular weight excluding hydrogens is 359 g/mol. The van der Waals surface area contributed by atoms with Gasteiger partial charge < -0.3 is 4.74 Å². The van der Waals surface area contributed by atoms with Crippen LogP contribution in [-0.4, -0.2) is 6.61 Å². The van der Waals surface area contributed by atoms with Crippen LogP contribution in [0.3, 0.4) is 0 Å². The van der Waals surface area contributed by atoms with Crippen LogP contribution in [0.2, 0.25) is 5.02 Å². The Morgan fingerprint density at radius 3 is 2.30 bits per heavy atom. The lowest BCUT2D eigenvalue weighted by Gasteiger charge is -2.38. The van der Waals surface area contributed by atoms with Gasteiger partial charge in [-0.25, -0.2) is 4.39 Å². The van der Waals surface area contributed by atoms with Crippen molar-refractivity contribution in [1.29, 1.82) is 0 Å². The Kier molecular flexibility index (Phi) is 7.48. The predicted molar refractivity (Wildman–Crippen MR) is 111 cm³/mol. The molecule has 0 N–H and O–H groups in total. The van der Waals surface area contributed by atoms with E-state index in [1.165, 1.54) is 51.4 Å². The molecule has 1 nitrogen and oxygen atoms in total. The number of hydrogen-bond donors (Lipinski definition) is 0. The van der Waals surface area contributed by atoms with Crippen molar-refractivity contribution in [2.24, 2.45) is 17.8 Å². The molecule has 27 heavy (non-hydrogen) atoms. The maximum Gasteiger partial charge on any atom is 0.149 e. The van der Waals surface area contributed by atoms with E-state index in [0.29, 0.717) is 5.75 Å². The van der Waals surface area contributed by atoms with Gasteiger partial charge in [0.25, 0.3) is 0 Å². The lowest BCUT2D eigenvalue weighted by atomic mass is 9.68. The fraction of sp³-hybridized carbons (Fsp3) is 0.667. The largest absolute Gasteiger partial charge is 0.479 e. The van der Waals surface area contributed by atoms with Crippen molar-refractivity contribution in [3.8, 4) is 18.1 Å². The van der Waals surface area contributed by atoms with E-state index in [0.717, 1.165) is 36.2 Å². The van der Waals surface area contributed by atoms with Crippen LogP contribution in [-0.2, 0) is 0 Å². The molecule has 0 unspecified atom stereocenters. The third kappa shape index (κ3) is 5.00. The molecule has 0 aromatic heterocycles. The fourth-order valence-corrected chi connectivity index (χ4v) is 5.58. The van der Waals surface area contributed by atoms with Gasteiger partial charge in [-0.3, -0.25) is 0 Å².